The van der Waals surface area contributed by atoms with E-state index in [1.54, 1.807) is 4.90 Å². The monoisotopic (exact) mass is 475 g/mol. The van der Waals surface area contributed by atoms with Crippen molar-refractivity contribution in [1.29, 1.82) is 0 Å². The van der Waals surface area contributed by atoms with Crippen LogP contribution in [0.15, 0.2) is 48.8 Å². The van der Waals surface area contributed by atoms with E-state index in [4.69, 9.17) is 4.74 Å². The molecule has 2 aliphatic heterocycles. The minimum Gasteiger partial charge on any atom is -0.444 e. The molecule has 0 atom stereocenters. The van der Waals surface area contributed by atoms with Crippen LogP contribution in [0.1, 0.15) is 46.1 Å². The molecule has 2 fully saturated rings. The van der Waals surface area contributed by atoms with E-state index in [0.29, 0.717) is 25.0 Å². The molecule has 35 heavy (non-hydrogen) atoms. The number of hydrogen-bond donors (Lipinski definition) is 0. The largest absolute Gasteiger partial charge is 0.444 e. The Morgan fingerprint density at radius 1 is 1.00 bits per heavy atom. The first kappa shape index (κ1) is 23.7. The first-order valence-electron chi connectivity index (χ1n) is 12.7. The maximum atomic E-state index is 12.4. The number of hydrogen-bond acceptors (Lipinski definition) is 5. The molecule has 2 saturated heterocycles. The number of carbonyl (C=O) groups is 1. The van der Waals surface area contributed by atoms with E-state index in [0.717, 1.165) is 37.4 Å². The van der Waals surface area contributed by atoms with Gasteiger partial charge in [0, 0.05) is 69.2 Å². The Balaban J connectivity index is 1.28. The second-order valence-electron chi connectivity index (χ2n) is 11.1. The van der Waals surface area contributed by atoms with Crippen LogP contribution >= 0.6 is 0 Å². The van der Waals surface area contributed by atoms with Crippen LogP contribution in [0.4, 0.5) is 10.5 Å². The molecule has 0 radical (unpaired) electrons. The van der Waals surface area contributed by atoms with Crippen LogP contribution < -0.4 is 4.90 Å². The molecule has 2 aliphatic rings. The highest BCUT2D eigenvalue weighted by atomic mass is 16.6. The summed E-state index contributed by atoms with van der Waals surface area (Å²) in [5.41, 5.74) is 5.56. The molecule has 2 aromatic heterocycles. The van der Waals surface area contributed by atoms with Crippen molar-refractivity contribution in [3.05, 3.63) is 54.4 Å². The zero-order valence-corrected chi connectivity index (χ0v) is 21.6. The van der Waals surface area contributed by atoms with Crippen LogP contribution in [0.5, 0.6) is 0 Å². The van der Waals surface area contributed by atoms with Gasteiger partial charge in [-0.1, -0.05) is 24.3 Å². The Bertz CT molecular complexity index is 1180. The average molecular weight is 476 g/mol. The summed E-state index contributed by atoms with van der Waals surface area (Å²) in [5, 5.41) is 4.56. The van der Waals surface area contributed by atoms with Gasteiger partial charge in [-0.3, -0.25) is 4.90 Å². The molecule has 4 heterocycles. The molecule has 0 bridgehead atoms. The van der Waals surface area contributed by atoms with E-state index in [9.17, 15) is 4.79 Å². The minimum atomic E-state index is -0.474. The van der Waals surface area contributed by atoms with Crippen molar-refractivity contribution >= 4 is 17.3 Å². The minimum absolute atomic E-state index is 0.232. The lowest BCUT2D eigenvalue weighted by molar-refractivity contribution is 0.0240. The van der Waals surface area contributed by atoms with E-state index < -0.39 is 5.60 Å². The fourth-order valence-electron chi connectivity index (χ4n) is 4.97. The molecule has 1 aromatic carbocycles. The second-order valence-corrected chi connectivity index (χ2v) is 11.1. The Morgan fingerprint density at radius 2 is 1.69 bits per heavy atom. The fourth-order valence-corrected chi connectivity index (χ4v) is 4.97. The van der Waals surface area contributed by atoms with Gasteiger partial charge in [-0.25, -0.2) is 9.31 Å². The summed E-state index contributed by atoms with van der Waals surface area (Å²) >= 11 is 0. The molecule has 7 heteroatoms. The van der Waals surface area contributed by atoms with Crippen molar-refractivity contribution in [2.24, 2.45) is 0 Å². The topological polar surface area (TPSA) is 53.3 Å². The predicted octanol–water partition coefficient (Wildman–Crippen LogP) is 4.87. The van der Waals surface area contributed by atoms with Crippen molar-refractivity contribution < 1.29 is 9.53 Å². The fraction of sp³-hybridized carbons (Fsp3) is 0.500. The number of likely N-dealkylation sites (tertiary alicyclic amines) is 1. The molecule has 186 valence electrons. The molecule has 0 unspecified atom stereocenters. The second kappa shape index (κ2) is 9.19. The zero-order chi connectivity index (χ0) is 24.7. The van der Waals surface area contributed by atoms with Gasteiger partial charge in [0.2, 0.25) is 0 Å². The van der Waals surface area contributed by atoms with Gasteiger partial charge in [0.25, 0.3) is 0 Å². The van der Waals surface area contributed by atoms with Crippen molar-refractivity contribution in [2.75, 3.05) is 44.2 Å². The highest BCUT2D eigenvalue weighted by Gasteiger charge is 2.30. The highest BCUT2D eigenvalue weighted by Crippen LogP contribution is 2.32. The number of nitrogens with zero attached hydrogens (tertiary/aromatic N) is 5. The van der Waals surface area contributed by atoms with Gasteiger partial charge in [0.05, 0.1) is 11.2 Å². The number of ether oxygens (including phenoxy) is 1. The quantitative estimate of drug-likeness (QED) is 0.539. The lowest BCUT2D eigenvalue weighted by atomic mass is 9.89. The van der Waals surface area contributed by atoms with Crippen molar-refractivity contribution in [3.63, 3.8) is 0 Å². The van der Waals surface area contributed by atoms with Crippen LogP contribution in [-0.2, 0) is 4.74 Å². The summed E-state index contributed by atoms with van der Waals surface area (Å²) in [6, 6.07) is 14.0. The molecule has 0 aliphatic carbocycles. The maximum Gasteiger partial charge on any atom is 0.410 e. The van der Waals surface area contributed by atoms with E-state index >= 15 is 0 Å². The maximum absolute atomic E-state index is 12.4. The smallest absolute Gasteiger partial charge is 0.410 e. The molecule has 0 spiro atoms. The van der Waals surface area contributed by atoms with Crippen LogP contribution in [0.25, 0.3) is 16.6 Å². The van der Waals surface area contributed by atoms with Gasteiger partial charge >= 0.3 is 6.09 Å². The Morgan fingerprint density at radius 3 is 2.31 bits per heavy atom. The van der Waals surface area contributed by atoms with E-state index in [2.05, 4.69) is 71.3 Å². The standard InChI is InChI=1S/C28H37N5O2/c1-20(2)32-17-24(18-32)22-8-6-21(7-9-22)23-16-26-25(10-11-29-33(26)19-23)30-12-14-31(15-13-30)27(34)35-28(3,4)5/h6-11,16,19-20,24H,12-15,17-18H2,1-5H3. The summed E-state index contributed by atoms with van der Waals surface area (Å²) in [6.45, 7) is 15.4. The van der Waals surface area contributed by atoms with Crippen LogP contribution in [-0.4, -0.2) is 76.4 Å². The lowest BCUT2D eigenvalue weighted by Crippen LogP contribution is -2.50. The van der Waals surface area contributed by atoms with Crippen molar-refractivity contribution in [1.82, 2.24) is 19.4 Å². The molecule has 0 N–H and O–H groups in total. The van der Waals surface area contributed by atoms with Gasteiger partial charge in [-0.05, 0) is 57.9 Å². The summed E-state index contributed by atoms with van der Waals surface area (Å²) in [5.74, 6) is 0.646. The lowest BCUT2D eigenvalue weighted by Gasteiger charge is -2.42. The Kier molecular flexibility index (Phi) is 6.21. The van der Waals surface area contributed by atoms with Gasteiger partial charge in [-0.2, -0.15) is 5.10 Å². The SMILES string of the molecule is CC(C)N1CC(c2ccc(-c3cc4c(N5CCN(C(=O)OC(C)(C)C)CC5)ccnn4c3)cc2)C1. The van der Waals surface area contributed by atoms with Gasteiger partial charge < -0.3 is 14.5 Å². The highest BCUT2D eigenvalue weighted by molar-refractivity contribution is 5.80. The van der Waals surface area contributed by atoms with Crippen LogP contribution in [0, 0.1) is 0 Å². The summed E-state index contributed by atoms with van der Waals surface area (Å²) in [7, 11) is 0. The van der Waals surface area contributed by atoms with E-state index in [-0.39, 0.29) is 6.09 Å². The van der Waals surface area contributed by atoms with Crippen molar-refractivity contribution in [3.8, 4) is 11.1 Å². The number of fused-ring (bicyclic) bond motifs is 1. The number of amides is 1. The first-order chi connectivity index (χ1) is 16.7. The van der Waals surface area contributed by atoms with Crippen LogP contribution in [0.3, 0.4) is 0 Å². The third-order valence-electron chi connectivity index (χ3n) is 7.11. The van der Waals surface area contributed by atoms with Crippen molar-refractivity contribution in [2.45, 2.75) is 52.2 Å². The Labute approximate surface area is 208 Å². The average Bonchev–Trinajstić information content (AvgIpc) is 3.22. The molecular weight excluding hydrogens is 438 g/mol. The molecule has 1 amide bonds. The Hall–Kier alpha value is -3.06. The van der Waals surface area contributed by atoms with Crippen LogP contribution in [0.2, 0.25) is 0 Å². The van der Waals surface area contributed by atoms with Gasteiger partial charge in [-0.15, -0.1) is 0 Å². The molecule has 7 nitrogen and oxygen atoms in total. The first-order valence-corrected chi connectivity index (χ1v) is 12.7. The van der Waals surface area contributed by atoms with E-state index in [1.165, 1.54) is 16.7 Å². The van der Waals surface area contributed by atoms with Gasteiger partial charge in [0.15, 0.2) is 0 Å². The molecule has 3 aromatic rings. The number of piperazine rings is 1. The van der Waals surface area contributed by atoms with E-state index in [1.807, 2.05) is 31.5 Å². The number of carbonyl (C=O) groups excluding carboxylic acids is 1. The molecule has 0 saturated carbocycles. The normalized spacial score (nSPS) is 17.8. The third-order valence-corrected chi connectivity index (χ3v) is 7.11. The zero-order valence-electron chi connectivity index (χ0n) is 21.6. The number of rotatable bonds is 4. The summed E-state index contributed by atoms with van der Waals surface area (Å²) in [4.78, 5) is 19.1. The molecule has 5 rings (SSSR count). The summed E-state index contributed by atoms with van der Waals surface area (Å²) in [6.07, 6.45) is 3.73. The third kappa shape index (κ3) is 5.01. The number of benzene rings is 1. The molecular formula is C28H37N5O2. The summed E-state index contributed by atoms with van der Waals surface area (Å²) < 4.78 is 7.51. The predicted molar refractivity (Wildman–Crippen MR) is 140 cm³/mol. The number of anilines is 1. The van der Waals surface area contributed by atoms with Gasteiger partial charge in [0.1, 0.15) is 5.60 Å². The number of aromatic nitrogens is 2.